The van der Waals surface area contributed by atoms with E-state index in [9.17, 15) is 4.79 Å². The van der Waals surface area contributed by atoms with Crippen LogP contribution in [0.4, 0.5) is 5.69 Å². The van der Waals surface area contributed by atoms with Crippen molar-refractivity contribution in [3.63, 3.8) is 0 Å². The van der Waals surface area contributed by atoms with Crippen LogP contribution in [0.15, 0.2) is 28.6 Å². The third kappa shape index (κ3) is 5.05. The number of hydrogen-bond donors (Lipinski definition) is 1. The lowest BCUT2D eigenvalue weighted by Gasteiger charge is -2.13. The number of nitrogens with two attached hydrogens (primary N) is 1. The van der Waals surface area contributed by atoms with Gasteiger partial charge in [0.25, 0.3) is 0 Å². The van der Waals surface area contributed by atoms with Crippen molar-refractivity contribution in [1.29, 1.82) is 0 Å². The largest absolute Gasteiger partial charge is 0.465 e. The molecule has 0 atom stereocenters. The standard InChI is InChI=1S/C20H29N3O2S/c1-13(2)8-17-12-26-20(23(17)11-14(3)4)22-18-7-6-15(19(24)25-5)9-16(18)10-21/h6-7,9,12-14H,8,10-11,21H2,1-5H3. The van der Waals surface area contributed by atoms with Gasteiger partial charge in [0.2, 0.25) is 0 Å². The summed E-state index contributed by atoms with van der Waals surface area (Å²) in [5, 5.41) is 2.20. The Morgan fingerprint density at radius 1 is 1.27 bits per heavy atom. The minimum absolute atomic E-state index is 0.318. The molecule has 2 aromatic rings. The minimum Gasteiger partial charge on any atom is -0.465 e. The number of thiazole rings is 1. The molecule has 5 nitrogen and oxygen atoms in total. The van der Waals surface area contributed by atoms with Crippen LogP contribution in [0.25, 0.3) is 0 Å². The summed E-state index contributed by atoms with van der Waals surface area (Å²) in [7, 11) is 1.37. The molecule has 6 heteroatoms. The van der Waals surface area contributed by atoms with Crippen LogP contribution in [-0.2, 0) is 24.2 Å². The average molecular weight is 376 g/mol. The van der Waals surface area contributed by atoms with E-state index in [0.717, 1.165) is 29.0 Å². The second-order valence-electron chi connectivity index (χ2n) is 7.26. The van der Waals surface area contributed by atoms with E-state index in [1.807, 2.05) is 6.07 Å². The van der Waals surface area contributed by atoms with E-state index < -0.39 is 0 Å². The fourth-order valence-corrected chi connectivity index (χ4v) is 3.74. The topological polar surface area (TPSA) is 69.6 Å². The van der Waals surface area contributed by atoms with Gasteiger partial charge in [-0.05, 0) is 42.0 Å². The third-order valence-electron chi connectivity index (χ3n) is 3.98. The van der Waals surface area contributed by atoms with E-state index in [1.165, 1.54) is 12.8 Å². The summed E-state index contributed by atoms with van der Waals surface area (Å²) in [4.78, 5) is 17.6. The zero-order chi connectivity index (χ0) is 19.3. The van der Waals surface area contributed by atoms with Crippen LogP contribution in [-0.4, -0.2) is 17.6 Å². The number of carbonyl (C=O) groups excluding carboxylic acids is 1. The molecule has 0 aliphatic carbocycles. The SMILES string of the molecule is COC(=O)c1ccc(N=c2scc(CC(C)C)n2CC(C)C)c(CN)c1. The summed E-state index contributed by atoms with van der Waals surface area (Å²) in [5.74, 6) is 0.761. The fraction of sp³-hybridized carbons (Fsp3) is 0.500. The third-order valence-corrected chi connectivity index (χ3v) is 4.89. The lowest BCUT2D eigenvalue weighted by atomic mass is 10.1. The Labute approximate surface area is 159 Å². The Hall–Kier alpha value is -1.92. The summed E-state index contributed by atoms with van der Waals surface area (Å²) < 4.78 is 7.09. The molecule has 0 unspecified atom stereocenters. The minimum atomic E-state index is -0.364. The molecule has 1 heterocycles. The maximum atomic E-state index is 11.7. The van der Waals surface area contributed by atoms with Gasteiger partial charge in [0, 0.05) is 24.2 Å². The second kappa shape index (κ2) is 9.14. The molecule has 1 aromatic heterocycles. The van der Waals surface area contributed by atoms with Gasteiger partial charge in [-0.2, -0.15) is 0 Å². The molecular weight excluding hydrogens is 346 g/mol. The maximum Gasteiger partial charge on any atom is 0.337 e. The van der Waals surface area contributed by atoms with Crippen LogP contribution in [0, 0.1) is 11.8 Å². The van der Waals surface area contributed by atoms with Crippen molar-refractivity contribution in [3.05, 3.63) is 45.2 Å². The number of aromatic nitrogens is 1. The van der Waals surface area contributed by atoms with Gasteiger partial charge in [0.05, 0.1) is 18.4 Å². The lowest BCUT2D eigenvalue weighted by Crippen LogP contribution is -2.21. The normalized spacial score (nSPS) is 12.2. The Morgan fingerprint density at radius 2 is 2.00 bits per heavy atom. The first-order valence-corrected chi connectivity index (χ1v) is 9.86. The molecule has 0 radical (unpaired) electrons. The molecule has 0 aliphatic heterocycles. The predicted octanol–water partition coefficient (Wildman–Crippen LogP) is 3.88. The first-order chi connectivity index (χ1) is 12.3. The molecule has 0 bridgehead atoms. The van der Waals surface area contributed by atoms with E-state index in [0.29, 0.717) is 23.9 Å². The van der Waals surface area contributed by atoms with Crippen molar-refractivity contribution >= 4 is 23.0 Å². The van der Waals surface area contributed by atoms with Gasteiger partial charge in [-0.15, -0.1) is 11.3 Å². The fourth-order valence-electron chi connectivity index (χ4n) is 2.80. The van der Waals surface area contributed by atoms with Crippen LogP contribution in [0.2, 0.25) is 0 Å². The van der Waals surface area contributed by atoms with E-state index in [4.69, 9.17) is 15.5 Å². The summed E-state index contributed by atoms with van der Waals surface area (Å²) in [6.45, 7) is 10.1. The maximum absolute atomic E-state index is 11.7. The van der Waals surface area contributed by atoms with Gasteiger partial charge >= 0.3 is 5.97 Å². The first-order valence-electron chi connectivity index (χ1n) is 8.98. The lowest BCUT2D eigenvalue weighted by molar-refractivity contribution is 0.0600. The molecule has 0 aliphatic rings. The van der Waals surface area contributed by atoms with Gasteiger partial charge in [0.1, 0.15) is 0 Å². The van der Waals surface area contributed by atoms with E-state index in [2.05, 4.69) is 37.6 Å². The number of rotatable bonds is 7. The monoisotopic (exact) mass is 375 g/mol. The number of methoxy groups -OCH3 is 1. The summed E-state index contributed by atoms with van der Waals surface area (Å²) in [6, 6.07) is 5.34. The number of hydrogen-bond acceptors (Lipinski definition) is 5. The van der Waals surface area contributed by atoms with Gasteiger partial charge in [-0.3, -0.25) is 0 Å². The smallest absolute Gasteiger partial charge is 0.337 e. The molecule has 142 valence electrons. The Balaban J connectivity index is 2.51. The van der Waals surface area contributed by atoms with Gasteiger partial charge in [0.15, 0.2) is 4.80 Å². The molecule has 2 rings (SSSR count). The van der Waals surface area contributed by atoms with Gasteiger partial charge in [-0.1, -0.05) is 27.7 Å². The zero-order valence-corrected chi connectivity index (χ0v) is 17.1. The van der Waals surface area contributed by atoms with Crippen LogP contribution < -0.4 is 10.5 Å². The summed E-state index contributed by atoms with van der Waals surface area (Å²) in [5.41, 5.74) is 9.34. The van der Waals surface area contributed by atoms with Crippen molar-refractivity contribution in [2.75, 3.05) is 7.11 Å². The number of carbonyl (C=O) groups is 1. The number of nitrogens with zero attached hydrogens (tertiary/aromatic N) is 2. The molecule has 0 saturated carbocycles. The number of esters is 1. The van der Waals surface area contributed by atoms with Crippen molar-refractivity contribution < 1.29 is 9.53 Å². The van der Waals surface area contributed by atoms with Gasteiger partial charge in [-0.25, -0.2) is 9.79 Å². The quantitative estimate of drug-likeness (QED) is 0.747. The molecule has 0 saturated heterocycles. The van der Waals surface area contributed by atoms with E-state index in [1.54, 1.807) is 23.5 Å². The predicted molar refractivity (Wildman–Crippen MR) is 107 cm³/mol. The molecular formula is C20H29N3O2S. The van der Waals surface area contributed by atoms with Crippen LogP contribution >= 0.6 is 11.3 Å². The van der Waals surface area contributed by atoms with Crippen molar-refractivity contribution in [2.45, 2.75) is 47.2 Å². The Morgan fingerprint density at radius 3 is 2.58 bits per heavy atom. The van der Waals surface area contributed by atoms with E-state index >= 15 is 0 Å². The van der Waals surface area contributed by atoms with Crippen molar-refractivity contribution in [1.82, 2.24) is 4.57 Å². The molecule has 0 amide bonds. The first kappa shape index (κ1) is 20.4. The number of benzene rings is 1. The molecule has 1 aromatic carbocycles. The van der Waals surface area contributed by atoms with Crippen molar-refractivity contribution in [2.24, 2.45) is 22.6 Å². The highest BCUT2D eigenvalue weighted by atomic mass is 32.1. The molecule has 2 N–H and O–H groups in total. The zero-order valence-electron chi connectivity index (χ0n) is 16.3. The highest BCUT2D eigenvalue weighted by Crippen LogP contribution is 2.21. The van der Waals surface area contributed by atoms with Crippen LogP contribution in [0.1, 0.15) is 49.3 Å². The van der Waals surface area contributed by atoms with Crippen LogP contribution in [0.3, 0.4) is 0 Å². The molecule has 0 fully saturated rings. The highest BCUT2D eigenvalue weighted by molar-refractivity contribution is 7.07. The van der Waals surface area contributed by atoms with Crippen molar-refractivity contribution in [3.8, 4) is 0 Å². The van der Waals surface area contributed by atoms with E-state index in [-0.39, 0.29) is 5.97 Å². The van der Waals surface area contributed by atoms with Crippen LogP contribution in [0.5, 0.6) is 0 Å². The number of ether oxygens (including phenoxy) is 1. The highest BCUT2D eigenvalue weighted by Gasteiger charge is 2.12. The summed E-state index contributed by atoms with van der Waals surface area (Å²) in [6.07, 6.45) is 1.03. The Kier molecular flexibility index (Phi) is 7.17. The Bertz CT molecular complexity index is 819. The summed E-state index contributed by atoms with van der Waals surface area (Å²) >= 11 is 1.65. The average Bonchev–Trinajstić information content (AvgIpc) is 2.95. The molecule has 26 heavy (non-hydrogen) atoms. The molecule has 0 spiro atoms. The van der Waals surface area contributed by atoms with Gasteiger partial charge < -0.3 is 15.0 Å². The second-order valence-corrected chi connectivity index (χ2v) is 8.10.